The molecule has 4 nitrogen and oxygen atoms in total. The number of hydrogen-bond acceptors (Lipinski definition) is 4. The van der Waals surface area contributed by atoms with Crippen molar-refractivity contribution in [3.8, 4) is 56.5 Å². The van der Waals surface area contributed by atoms with Crippen LogP contribution in [0.25, 0.3) is 56.5 Å². The minimum atomic E-state index is -0.0158. The summed E-state index contributed by atoms with van der Waals surface area (Å²) in [6.45, 7) is 9.43. The molecule has 0 spiro atoms. The number of hydrogen-bond donors (Lipinski definition) is 0. The van der Waals surface area contributed by atoms with Crippen LogP contribution in [0, 0.1) is 0 Å². The molecule has 2 heterocycles. The van der Waals surface area contributed by atoms with Crippen LogP contribution in [0.2, 0.25) is 0 Å². The predicted molar refractivity (Wildman–Crippen MR) is 171 cm³/mol. The monoisotopic (exact) mass is 544 g/mol. The van der Waals surface area contributed by atoms with Crippen molar-refractivity contribution in [2.24, 2.45) is 0 Å². The minimum absolute atomic E-state index is 0.0136. The number of benzene rings is 4. The highest BCUT2D eigenvalue weighted by molar-refractivity contribution is 5.81. The Kier molecular flexibility index (Phi) is 6.09. The lowest BCUT2D eigenvalue weighted by Crippen LogP contribution is -2.43. The maximum atomic E-state index is 4.90. The minimum Gasteiger partial charge on any atom is -0.255 e. The van der Waals surface area contributed by atoms with E-state index in [4.69, 9.17) is 19.9 Å². The lowest BCUT2D eigenvalue weighted by atomic mass is 9.55. The smallest absolute Gasteiger partial charge is 0.165 e. The van der Waals surface area contributed by atoms with Crippen LogP contribution in [-0.2, 0) is 10.8 Å². The number of rotatable bonds is 4. The number of aromatic nitrogens is 4. The Bertz CT molecular complexity index is 1850. The van der Waals surface area contributed by atoms with E-state index < -0.39 is 0 Å². The molecule has 0 saturated heterocycles. The molecule has 0 N–H and O–H groups in total. The molecule has 0 fully saturated rings. The highest BCUT2D eigenvalue weighted by Crippen LogP contribution is 2.54. The number of nitrogens with zero attached hydrogens (tertiary/aromatic N) is 4. The molecule has 1 aliphatic rings. The Labute approximate surface area is 247 Å². The van der Waals surface area contributed by atoms with Gasteiger partial charge in [-0.25, -0.2) is 15.0 Å². The van der Waals surface area contributed by atoms with Crippen LogP contribution in [0.3, 0.4) is 0 Å². The van der Waals surface area contributed by atoms with E-state index >= 15 is 0 Å². The van der Waals surface area contributed by atoms with Crippen molar-refractivity contribution in [2.45, 2.75) is 38.5 Å². The van der Waals surface area contributed by atoms with Crippen LogP contribution in [0.5, 0.6) is 0 Å². The third-order valence-electron chi connectivity index (χ3n) is 9.16. The first-order valence-electron chi connectivity index (χ1n) is 14.4. The van der Waals surface area contributed by atoms with E-state index in [0.717, 1.165) is 27.9 Å². The lowest BCUT2D eigenvalue weighted by Gasteiger charge is -2.48. The molecule has 0 aliphatic heterocycles. The fraction of sp³-hybridized carbons (Fsp3) is 0.158. The van der Waals surface area contributed by atoms with E-state index in [1.165, 1.54) is 22.3 Å². The van der Waals surface area contributed by atoms with Gasteiger partial charge in [0.2, 0.25) is 0 Å². The Hall–Kier alpha value is -4.96. The highest BCUT2D eigenvalue weighted by atomic mass is 15.0. The number of fused-ring (bicyclic) bond motifs is 3. The molecule has 204 valence electrons. The zero-order valence-corrected chi connectivity index (χ0v) is 24.3. The van der Waals surface area contributed by atoms with Gasteiger partial charge in [0.05, 0.1) is 5.69 Å². The van der Waals surface area contributed by atoms with Crippen molar-refractivity contribution in [1.29, 1.82) is 0 Å². The average molecular weight is 545 g/mol. The molecule has 4 aromatic carbocycles. The van der Waals surface area contributed by atoms with Crippen LogP contribution in [-0.4, -0.2) is 19.9 Å². The van der Waals surface area contributed by atoms with Crippen LogP contribution in [0.1, 0.15) is 38.8 Å². The summed E-state index contributed by atoms with van der Waals surface area (Å²) in [5.41, 5.74) is 10.1. The summed E-state index contributed by atoms with van der Waals surface area (Å²) in [4.78, 5) is 19.4. The molecular formula is C38H32N4. The molecule has 6 aromatic rings. The third-order valence-corrected chi connectivity index (χ3v) is 9.16. The maximum Gasteiger partial charge on any atom is 0.165 e. The topological polar surface area (TPSA) is 51.6 Å². The summed E-state index contributed by atoms with van der Waals surface area (Å²) in [7, 11) is 0. The van der Waals surface area contributed by atoms with Gasteiger partial charge in [-0.2, -0.15) is 0 Å². The Morgan fingerprint density at radius 3 is 1.50 bits per heavy atom. The highest BCUT2D eigenvalue weighted by Gasteiger charge is 2.45. The van der Waals surface area contributed by atoms with Crippen molar-refractivity contribution in [3.05, 3.63) is 133 Å². The first kappa shape index (κ1) is 26.0. The summed E-state index contributed by atoms with van der Waals surface area (Å²) in [5, 5.41) is 0. The normalized spacial score (nSPS) is 14.6. The molecule has 4 heteroatoms. The summed E-state index contributed by atoms with van der Waals surface area (Å²) in [6.07, 6.45) is 1.87. The van der Waals surface area contributed by atoms with E-state index in [0.29, 0.717) is 17.5 Å². The zero-order valence-electron chi connectivity index (χ0n) is 24.3. The molecule has 0 atom stereocenters. The zero-order chi connectivity index (χ0) is 28.9. The van der Waals surface area contributed by atoms with Crippen LogP contribution >= 0.6 is 0 Å². The van der Waals surface area contributed by atoms with Gasteiger partial charge in [0, 0.05) is 28.5 Å². The largest absolute Gasteiger partial charge is 0.255 e. The molecule has 0 amide bonds. The second kappa shape index (κ2) is 9.85. The first-order chi connectivity index (χ1) is 20.3. The van der Waals surface area contributed by atoms with Crippen molar-refractivity contribution in [1.82, 2.24) is 19.9 Å². The number of pyridine rings is 1. The first-order valence-corrected chi connectivity index (χ1v) is 14.4. The van der Waals surface area contributed by atoms with Crippen molar-refractivity contribution in [2.75, 3.05) is 0 Å². The van der Waals surface area contributed by atoms with Gasteiger partial charge in [0.25, 0.3) is 0 Å². The molecular weight excluding hydrogens is 512 g/mol. The molecule has 7 rings (SSSR count). The summed E-state index contributed by atoms with van der Waals surface area (Å²) >= 11 is 0. The van der Waals surface area contributed by atoms with E-state index in [1.807, 2.05) is 66.9 Å². The van der Waals surface area contributed by atoms with Gasteiger partial charge in [0.1, 0.15) is 0 Å². The Balaban J connectivity index is 1.29. The van der Waals surface area contributed by atoms with Crippen molar-refractivity contribution < 1.29 is 0 Å². The molecule has 42 heavy (non-hydrogen) atoms. The Morgan fingerprint density at radius 1 is 0.429 bits per heavy atom. The average Bonchev–Trinajstić information content (AvgIpc) is 3.04. The van der Waals surface area contributed by atoms with E-state index in [-0.39, 0.29) is 10.8 Å². The molecule has 0 bridgehead atoms. The molecule has 0 unspecified atom stereocenters. The summed E-state index contributed by atoms with van der Waals surface area (Å²) in [6, 6.07) is 39.8. The second-order valence-corrected chi connectivity index (χ2v) is 12.0. The van der Waals surface area contributed by atoms with Gasteiger partial charge in [-0.3, -0.25) is 4.98 Å². The molecule has 0 radical (unpaired) electrons. The fourth-order valence-electron chi connectivity index (χ4n) is 6.04. The van der Waals surface area contributed by atoms with Gasteiger partial charge in [-0.1, -0.05) is 125 Å². The van der Waals surface area contributed by atoms with Gasteiger partial charge in [-0.15, -0.1) is 0 Å². The predicted octanol–water partition coefficient (Wildman–Crippen LogP) is 9.17. The maximum absolute atomic E-state index is 4.90. The second-order valence-electron chi connectivity index (χ2n) is 12.0. The van der Waals surface area contributed by atoms with Gasteiger partial charge < -0.3 is 0 Å². The van der Waals surface area contributed by atoms with Crippen LogP contribution in [0.15, 0.2) is 121 Å². The van der Waals surface area contributed by atoms with Crippen LogP contribution in [0.4, 0.5) is 0 Å². The van der Waals surface area contributed by atoms with Gasteiger partial charge >= 0.3 is 0 Å². The van der Waals surface area contributed by atoms with Gasteiger partial charge in [0.15, 0.2) is 17.5 Å². The third kappa shape index (κ3) is 4.22. The van der Waals surface area contributed by atoms with E-state index in [2.05, 4.69) is 82.3 Å². The Morgan fingerprint density at radius 2 is 0.929 bits per heavy atom. The molecule has 0 saturated carbocycles. The molecule has 2 aromatic heterocycles. The fourth-order valence-corrected chi connectivity index (χ4v) is 6.04. The van der Waals surface area contributed by atoms with E-state index in [9.17, 15) is 0 Å². The lowest BCUT2D eigenvalue weighted by molar-refractivity contribution is 0.299. The summed E-state index contributed by atoms with van der Waals surface area (Å²) in [5.74, 6) is 1.88. The van der Waals surface area contributed by atoms with Gasteiger partial charge in [-0.05, 0) is 51.3 Å². The van der Waals surface area contributed by atoms with Crippen molar-refractivity contribution in [3.63, 3.8) is 0 Å². The quantitative estimate of drug-likeness (QED) is 0.222. The summed E-state index contributed by atoms with van der Waals surface area (Å²) < 4.78 is 0. The SMILES string of the molecule is CC1(C)c2ccccc2-c2cc(-c3ccc(-c4nc(-c5ccccc5)nc(-c5ccccc5)n4)cn3)ccc2C1(C)C. The molecule has 1 aliphatic carbocycles. The van der Waals surface area contributed by atoms with E-state index in [1.54, 1.807) is 0 Å². The van der Waals surface area contributed by atoms with Crippen molar-refractivity contribution >= 4 is 0 Å². The van der Waals surface area contributed by atoms with Crippen LogP contribution < -0.4 is 0 Å². The standard InChI is InChI=1S/C38H32N4/c1-37(2)31-18-12-11-17-29(31)30-23-27(19-21-32(30)38(37,3)4)33-22-20-28(24-39-33)36-41-34(25-13-7-5-8-14-25)40-35(42-36)26-15-9-6-10-16-26/h5-24H,1-4H3.